The van der Waals surface area contributed by atoms with Gasteiger partial charge in [-0.1, -0.05) is 30.3 Å². The summed E-state index contributed by atoms with van der Waals surface area (Å²) in [5.41, 5.74) is 1.89. The molecule has 0 bridgehead atoms. The third-order valence-corrected chi connectivity index (χ3v) is 10.4. The van der Waals surface area contributed by atoms with Crippen molar-refractivity contribution in [3.8, 4) is 0 Å². The molecule has 4 heterocycles. The highest BCUT2D eigenvalue weighted by atomic mass is 35.5. The van der Waals surface area contributed by atoms with Crippen LogP contribution in [0.4, 0.5) is 5.82 Å². The van der Waals surface area contributed by atoms with Crippen LogP contribution in [0.5, 0.6) is 0 Å². The van der Waals surface area contributed by atoms with E-state index in [2.05, 4.69) is 32.0 Å². The second-order valence-electron chi connectivity index (χ2n) is 9.62. The first-order chi connectivity index (χ1) is 18.4. The van der Waals surface area contributed by atoms with Crippen molar-refractivity contribution < 1.29 is 43.3 Å². The first-order valence-corrected chi connectivity index (χ1v) is 16.1. The van der Waals surface area contributed by atoms with Crippen molar-refractivity contribution in [2.45, 2.75) is 43.3 Å². The van der Waals surface area contributed by atoms with Gasteiger partial charge in [0.15, 0.2) is 29.1 Å². The van der Waals surface area contributed by atoms with E-state index in [1.165, 1.54) is 16.5 Å². The quantitative estimate of drug-likeness (QED) is 0.184. The molecule has 5 N–H and O–H groups in total. The molecule has 2 aromatic heterocycles. The minimum absolute atomic E-state index is 0.0485. The minimum Gasteiger partial charge on any atom is -0.387 e. The van der Waals surface area contributed by atoms with Gasteiger partial charge in [-0.05, 0) is 30.0 Å². The largest absolute Gasteiger partial charge is 0.387 e. The lowest BCUT2D eigenvalue weighted by atomic mass is 9.91. The van der Waals surface area contributed by atoms with Crippen molar-refractivity contribution in [2.75, 3.05) is 30.5 Å². The number of benzene rings is 1. The summed E-state index contributed by atoms with van der Waals surface area (Å²) in [7, 11) is -9.52. The van der Waals surface area contributed by atoms with E-state index in [1.54, 1.807) is 0 Å². The van der Waals surface area contributed by atoms with Gasteiger partial charge in [0.25, 0.3) is 0 Å². The van der Waals surface area contributed by atoms with Gasteiger partial charge >= 0.3 is 15.2 Å². The molecule has 212 valence electrons. The molecule has 3 aromatic rings. The Bertz CT molecular complexity index is 1420. The first kappa shape index (κ1) is 28.6. The van der Waals surface area contributed by atoms with Gasteiger partial charge in [0, 0.05) is 19.0 Å². The molecule has 1 aromatic carbocycles. The van der Waals surface area contributed by atoms with Gasteiger partial charge in [-0.2, -0.15) is 9.97 Å². The summed E-state index contributed by atoms with van der Waals surface area (Å²) < 4.78 is 34.9. The zero-order chi connectivity index (χ0) is 27.9. The predicted octanol–water partition coefficient (Wildman–Crippen LogP) is 1.82. The number of hydrogen-bond acceptors (Lipinski definition) is 10. The third-order valence-electron chi connectivity index (χ3n) is 6.78. The van der Waals surface area contributed by atoms with E-state index in [0.29, 0.717) is 17.9 Å². The molecular weight excluding hydrogens is 576 g/mol. The van der Waals surface area contributed by atoms with Crippen molar-refractivity contribution in [1.29, 1.82) is 0 Å². The Morgan fingerprint density at radius 1 is 1.10 bits per heavy atom. The molecular formula is C22H28ClN5O9P2. The van der Waals surface area contributed by atoms with Gasteiger partial charge in [-0.25, -0.2) is 4.98 Å². The second-order valence-corrected chi connectivity index (χ2v) is 14.0. The molecule has 17 heteroatoms. The fourth-order valence-corrected chi connectivity index (χ4v) is 7.74. The molecule has 0 radical (unpaired) electrons. The molecule has 2 aliphatic heterocycles. The summed E-state index contributed by atoms with van der Waals surface area (Å²) >= 11 is 6.29. The Kier molecular flexibility index (Phi) is 8.16. The number of aliphatic hydroxyl groups is 2. The Morgan fingerprint density at radius 2 is 1.85 bits per heavy atom. The van der Waals surface area contributed by atoms with Crippen LogP contribution in [0.3, 0.4) is 0 Å². The zero-order valence-corrected chi connectivity index (χ0v) is 23.0. The standard InChI is InChI=1S/C22H28ClN5O9P2/c23-22-25-19(27-8-4-7-14(9-27)13-5-2-1-3-6-13)16-20(26-22)28(11-24-16)21-18(30)17(29)15(37-21)10-36-39(34,35)12-38(31,32)33/h1-3,5-6,11,14-15,17-18,21,29-30H,4,7-10,12H2,(H,34,35)(H2,31,32,33)/t14?,15-,17?,18+,21-/m1/s1. The zero-order valence-electron chi connectivity index (χ0n) is 20.5. The predicted molar refractivity (Wildman–Crippen MR) is 140 cm³/mol. The number of piperidine rings is 1. The highest BCUT2D eigenvalue weighted by Crippen LogP contribution is 2.55. The molecule has 2 aliphatic rings. The molecule has 14 nitrogen and oxygen atoms in total. The third kappa shape index (κ3) is 6.36. The molecule has 2 fully saturated rings. The Hall–Kier alpha value is -1.96. The van der Waals surface area contributed by atoms with Crippen LogP contribution in [0.25, 0.3) is 11.2 Å². The first-order valence-electron chi connectivity index (χ1n) is 12.1. The molecule has 3 unspecified atom stereocenters. The molecule has 5 rings (SSSR count). The fraction of sp³-hybridized carbons (Fsp3) is 0.500. The number of fused-ring (bicyclic) bond motifs is 1. The smallest absolute Gasteiger partial charge is 0.340 e. The molecule has 0 spiro atoms. The average molecular weight is 604 g/mol. The number of rotatable bonds is 8. The SMILES string of the molecule is O=P(O)(O)CP(=O)(O)OC[C@H]1O[C@@H](n2cnc3c(N4CCCC(c5ccccc5)C4)nc(Cl)nc32)[C@@H](O)C1O. The highest BCUT2D eigenvalue weighted by Gasteiger charge is 2.46. The molecule has 0 saturated carbocycles. The van der Waals surface area contributed by atoms with Crippen LogP contribution < -0.4 is 4.90 Å². The maximum absolute atomic E-state index is 12.0. The van der Waals surface area contributed by atoms with E-state index >= 15 is 0 Å². The minimum atomic E-state index is -4.83. The van der Waals surface area contributed by atoms with Gasteiger partial charge in [0.1, 0.15) is 18.3 Å². The van der Waals surface area contributed by atoms with Gasteiger partial charge in [-0.15, -0.1) is 0 Å². The summed E-state index contributed by atoms with van der Waals surface area (Å²) in [6.07, 6.45) is -2.24. The van der Waals surface area contributed by atoms with Crippen molar-refractivity contribution in [2.24, 2.45) is 0 Å². The molecule has 2 saturated heterocycles. The summed E-state index contributed by atoms with van der Waals surface area (Å²) in [5.74, 6) is -0.577. The van der Waals surface area contributed by atoms with Crippen LogP contribution in [-0.2, 0) is 18.4 Å². The lowest BCUT2D eigenvalue weighted by molar-refractivity contribution is -0.0483. The fourth-order valence-electron chi connectivity index (χ4n) is 5.01. The number of aromatic nitrogens is 4. The lowest BCUT2D eigenvalue weighted by Crippen LogP contribution is -2.35. The monoisotopic (exact) mass is 603 g/mol. The van der Waals surface area contributed by atoms with Crippen molar-refractivity contribution in [3.63, 3.8) is 0 Å². The summed E-state index contributed by atoms with van der Waals surface area (Å²) in [4.78, 5) is 42.9. The van der Waals surface area contributed by atoms with Crippen molar-refractivity contribution >= 4 is 43.8 Å². The van der Waals surface area contributed by atoms with E-state index in [9.17, 15) is 24.2 Å². The number of hydrogen-bond donors (Lipinski definition) is 5. The van der Waals surface area contributed by atoms with Crippen molar-refractivity contribution in [3.05, 3.63) is 47.5 Å². The van der Waals surface area contributed by atoms with Gasteiger partial charge in [0.05, 0.1) is 12.9 Å². The number of anilines is 1. The normalized spacial score (nSPS) is 27.6. The van der Waals surface area contributed by atoms with E-state index in [4.69, 9.17) is 30.6 Å². The number of halogens is 1. The van der Waals surface area contributed by atoms with Gasteiger partial charge in [0.2, 0.25) is 5.28 Å². The average Bonchev–Trinajstić information content (AvgIpc) is 3.42. The van der Waals surface area contributed by atoms with Gasteiger partial charge < -0.3 is 39.1 Å². The van der Waals surface area contributed by atoms with Crippen LogP contribution in [-0.4, -0.2) is 88.3 Å². The molecule has 39 heavy (non-hydrogen) atoms. The number of aliphatic hydroxyl groups excluding tert-OH is 2. The molecule has 0 aliphatic carbocycles. The van der Waals surface area contributed by atoms with Crippen LogP contribution in [0.15, 0.2) is 36.7 Å². The van der Waals surface area contributed by atoms with E-state index in [-0.39, 0.29) is 16.8 Å². The lowest BCUT2D eigenvalue weighted by Gasteiger charge is -2.34. The maximum Gasteiger partial charge on any atom is 0.340 e. The van der Waals surface area contributed by atoms with Crippen LogP contribution in [0.2, 0.25) is 5.28 Å². The summed E-state index contributed by atoms with van der Waals surface area (Å²) in [6, 6.07) is 10.2. The van der Waals surface area contributed by atoms with Crippen LogP contribution in [0.1, 0.15) is 30.6 Å². The Balaban J connectivity index is 1.37. The number of nitrogens with zero attached hydrogens (tertiary/aromatic N) is 5. The highest BCUT2D eigenvalue weighted by molar-refractivity contribution is 7.70. The summed E-state index contributed by atoms with van der Waals surface area (Å²) in [6.45, 7) is 0.718. The number of ether oxygens (including phenoxy) is 1. The topological polar surface area (TPSA) is 201 Å². The van der Waals surface area contributed by atoms with Crippen LogP contribution in [0, 0.1) is 0 Å². The van der Waals surface area contributed by atoms with E-state index in [1.807, 2.05) is 18.2 Å². The second kappa shape index (κ2) is 11.1. The van der Waals surface area contributed by atoms with Crippen LogP contribution >= 0.6 is 26.8 Å². The van der Waals surface area contributed by atoms with Crippen molar-refractivity contribution in [1.82, 2.24) is 19.5 Å². The van der Waals surface area contributed by atoms with Gasteiger partial charge in [-0.3, -0.25) is 13.7 Å². The summed E-state index contributed by atoms with van der Waals surface area (Å²) in [5, 5.41) is 21.2. The number of imidazole rings is 1. The Labute approximate surface area is 227 Å². The van der Waals surface area contributed by atoms with E-state index < -0.39 is 52.2 Å². The molecule has 6 atom stereocenters. The maximum atomic E-state index is 12.0. The molecule has 0 amide bonds. The Morgan fingerprint density at radius 3 is 2.56 bits per heavy atom. The van der Waals surface area contributed by atoms with E-state index in [0.717, 1.165) is 19.4 Å².